The predicted octanol–water partition coefficient (Wildman–Crippen LogP) is 0.139. The van der Waals surface area contributed by atoms with E-state index in [0.717, 1.165) is 0 Å². The number of carbonyl (C=O) groups is 4. The van der Waals surface area contributed by atoms with E-state index in [1.54, 1.807) is 37.3 Å². The number of likely N-dealkylation sites (tertiary alicyclic amines) is 1. The van der Waals surface area contributed by atoms with Crippen LogP contribution in [0.3, 0.4) is 0 Å². The second-order valence-corrected chi connectivity index (χ2v) is 5.65. The van der Waals surface area contributed by atoms with Gasteiger partial charge in [-0.2, -0.15) is 0 Å². The van der Waals surface area contributed by atoms with Gasteiger partial charge in [0, 0.05) is 18.7 Å². The zero-order valence-corrected chi connectivity index (χ0v) is 13.8. The van der Waals surface area contributed by atoms with E-state index in [2.05, 4.69) is 5.32 Å². The highest BCUT2D eigenvalue weighted by Gasteiger charge is 2.44. The van der Waals surface area contributed by atoms with Crippen LogP contribution in [0, 0.1) is 11.8 Å². The van der Waals surface area contributed by atoms with Crippen LogP contribution in [0.2, 0.25) is 0 Å². The molecule has 1 saturated heterocycles. The van der Waals surface area contributed by atoms with Crippen molar-refractivity contribution >= 4 is 23.8 Å². The quantitative estimate of drug-likeness (QED) is 0.707. The van der Waals surface area contributed by atoms with E-state index in [9.17, 15) is 24.3 Å². The number of carboxylic acid groups (broad SMARTS) is 1. The van der Waals surface area contributed by atoms with E-state index in [-0.39, 0.29) is 26.2 Å². The lowest BCUT2D eigenvalue weighted by atomic mass is 9.96. The molecule has 2 atom stereocenters. The third kappa shape index (κ3) is 4.56. The minimum atomic E-state index is -1.15. The Morgan fingerprint density at radius 2 is 1.80 bits per heavy atom. The molecule has 134 valence electrons. The first kappa shape index (κ1) is 18.4. The highest BCUT2D eigenvalue weighted by atomic mass is 16.5. The number of rotatable bonds is 6. The lowest BCUT2D eigenvalue weighted by molar-refractivity contribution is -0.155. The molecule has 0 unspecified atom stereocenters. The third-order valence-electron chi connectivity index (χ3n) is 4.02. The van der Waals surface area contributed by atoms with Crippen LogP contribution in [0.4, 0.5) is 0 Å². The van der Waals surface area contributed by atoms with E-state index >= 15 is 0 Å². The summed E-state index contributed by atoms with van der Waals surface area (Å²) in [5, 5.41) is 11.7. The van der Waals surface area contributed by atoms with Crippen molar-refractivity contribution in [1.29, 1.82) is 0 Å². The summed E-state index contributed by atoms with van der Waals surface area (Å²) in [6, 6.07) is 8.42. The normalized spacial score (nSPS) is 19.3. The topological polar surface area (TPSA) is 113 Å². The molecule has 2 rings (SSSR count). The van der Waals surface area contributed by atoms with Crippen molar-refractivity contribution in [1.82, 2.24) is 10.2 Å². The molecule has 0 spiro atoms. The van der Waals surface area contributed by atoms with Gasteiger partial charge in [-0.15, -0.1) is 0 Å². The Hall–Kier alpha value is -2.90. The van der Waals surface area contributed by atoms with Crippen LogP contribution in [0.15, 0.2) is 30.3 Å². The molecule has 0 aliphatic carbocycles. The molecule has 2 amide bonds. The third-order valence-corrected chi connectivity index (χ3v) is 4.02. The maximum atomic E-state index is 12.2. The van der Waals surface area contributed by atoms with Gasteiger partial charge in [0.1, 0.15) is 0 Å². The number of ether oxygens (including phenoxy) is 1. The lowest BCUT2D eigenvalue weighted by Crippen LogP contribution is -2.39. The zero-order valence-electron chi connectivity index (χ0n) is 13.8. The van der Waals surface area contributed by atoms with Crippen LogP contribution in [-0.2, 0) is 19.1 Å². The molecule has 1 aromatic rings. The van der Waals surface area contributed by atoms with E-state index in [1.165, 1.54) is 4.90 Å². The smallest absolute Gasteiger partial charge is 0.311 e. The highest BCUT2D eigenvalue weighted by molar-refractivity contribution is 5.96. The van der Waals surface area contributed by atoms with E-state index in [0.29, 0.717) is 5.56 Å². The van der Waals surface area contributed by atoms with Gasteiger partial charge >= 0.3 is 11.9 Å². The number of carboxylic acids is 1. The van der Waals surface area contributed by atoms with Crippen LogP contribution >= 0.6 is 0 Å². The van der Waals surface area contributed by atoms with Crippen molar-refractivity contribution in [3.8, 4) is 0 Å². The van der Waals surface area contributed by atoms with E-state index < -0.39 is 35.6 Å². The molecule has 1 aliphatic rings. The standard InChI is InChI=1S/C17H20N2O6/c1-2-25-17(24)13-10-19(9-12(13)16(22)23)14(20)8-18-15(21)11-6-4-3-5-7-11/h3-7,12-13H,2,8-10H2,1H3,(H,18,21)(H,22,23)/t12-,13-/m1/s1. The molecule has 0 bridgehead atoms. The summed E-state index contributed by atoms with van der Waals surface area (Å²) in [6.45, 7) is 1.39. The van der Waals surface area contributed by atoms with Crippen LogP contribution < -0.4 is 5.32 Å². The maximum Gasteiger partial charge on any atom is 0.311 e. The average molecular weight is 348 g/mol. The number of hydrogen-bond donors (Lipinski definition) is 2. The Balaban J connectivity index is 1.94. The number of hydrogen-bond acceptors (Lipinski definition) is 5. The maximum absolute atomic E-state index is 12.2. The average Bonchev–Trinajstić information content (AvgIpc) is 3.06. The number of benzene rings is 1. The Kier molecular flexibility index (Phi) is 6.10. The van der Waals surface area contributed by atoms with Crippen molar-refractivity contribution in [2.45, 2.75) is 6.92 Å². The Bertz CT molecular complexity index is 660. The molecular weight excluding hydrogens is 328 g/mol. The molecule has 8 nitrogen and oxygen atoms in total. The summed E-state index contributed by atoms with van der Waals surface area (Å²) >= 11 is 0. The Morgan fingerprint density at radius 1 is 1.16 bits per heavy atom. The van der Waals surface area contributed by atoms with Gasteiger partial charge in [0.15, 0.2) is 0 Å². The summed E-state index contributed by atoms with van der Waals surface area (Å²) in [6.07, 6.45) is 0. The van der Waals surface area contributed by atoms with Crippen LogP contribution in [0.1, 0.15) is 17.3 Å². The molecule has 0 saturated carbocycles. The second kappa shape index (κ2) is 8.27. The first-order chi connectivity index (χ1) is 11.9. The lowest BCUT2D eigenvalue weighted by Gasteiger charge is -2.16. The Labute approximate surface area is 144 Å². The van der Waals surface area contributed by atoms with Crippen molar-refractivity contribution < 1.29 is 29.0 Å². The fraction of sp³-hybridized carbons (Fsp3) is 0.412. The van der Waals surface area contributed by atoms with Gasteiger partial charge in [-0.05, 0) is 19.1 Å². The molecule has 8 heteroatoms. The van der Waals surface area contributed by atoms with Gasteiger partial charge in [-0.25, -0.2) is 0 Å². The Morgan fingerprint density at radius 3 is 2.40 bits per heavy atom. The first-order valence-electron chi connectivity index (χ1n) is 7.94. The number of amides is 2. The van der Waals surface area contributed by atoms with Gasteiger partial charge < -0.3 is 20.1 Å². The molecule has 2 N–H and O–H groups in total. The van der Waals surface area contributed by atoms with Crippen molar-refractivity contribution in [2.24, 2.45) is 11.8 Å². The predicted molar refractivity (Wildman–Crippen MR) is 86.6 cm³/mol. The van der Waals surface area contributed by atoms with Gasteiger partial charge in [-0.3, -0.25) is 19.2 Å². The number of aliphatic carboxylic acids is 1. The van der Waals surface area contributed by atoms with Crippen molar-refractivity contribution in [3.63, 3.8) is 0 Å². The SMILES string of the molecule is CCOC(=O)[C@@H]1CN(C(=O)CNC(=O)c2ccccc2)C[C@H]1C(=O)O. The highest BCUT2D eigenvalue weighted by Crippen LogP contribution is 2.25. The molecule has 1 aliphatic heterocycles. The molecule has 1 aromatic carbocycles. The van der Waals surface area contributed by atoms with Gasteiger partial charge in [-0.1, -0.05) is 18.2 Å². The molecule has 1 heterocycles. The fourth-order valence-corrected chi connectivity index (χ4v) is 2.71. The van der Waals surface area contributed by atoms with Gasteiger partial charge in [0.05, 0.1) is 25.0 Å². The van der Waals surface area contributed by atoms with Crippen molar-refractivity contribution in [2.75, 3.05) is 26.2 Å². The summed E-state index contributed by atoms with van der Waals surface area (Å²) in [5.74, 6) is -4.52. The summed E-state index contributed by atoms with van der Waals surface area (Å²) in [5.41, 5.74) is 0.421. The monoisotopic (exact) mass is 348 g/mol. The zero-order chi connectivity index (χ0) is 18.4. The van der Waals surface area contributed by atoms with E-state index in [1.807, 2.05) is 0 Å². The summed E-state index contributed by atoms with van der Waals surface area (Å²) in [7, 11) is 0. The molecule has 0 radical (unpaired) electrons. The number of nitrogens with zero attached hydrogens (tertiary/aromatic N) is 1. The second-order valence-electron chi connectivity index (χ2n) is 5.65. The number of carbonyl (C=O) groups excluding carboxylic acids is 3. The van der Waals surface area contributed by atoms with Crippen LogP contribution in [-0.4, -0.2) is 60.0 Å². The number of esters is 1. The first-order valence-corrected chi connectivity index (χ1v) is 7.94. The summed E-state index contributed by atoms with van der Waals surface area (Å²) < 4.78 is 4.88. The molecule has 1 fully saturated rings. The van der Waals surface area contributed by atoms with E-state index in [4.69, 9.17) is 4.74 Å². The van der Waals surface area contributed by atoms with Crippen molar-refractivity contribution in [3.05, 3.63) is 35.9 Å². The van der Waals surface area contributed by atoms with Crippen LogP contribution in [0.5, 0.6) is 0 Å². The largest absolute Gasteiger partial charge is 0.481 e. The van der Waals surface area contributed by atoms with Gasteiger partial charge in [0.25, 0.3) is 5.91 Å². The molecule has 25 heavy (non-hydrogen) atoms. The van der Waals surface area contributed by atoms with Crippen LogP contribution in [0.25, 0.3) is 0 Å². The van der Waals surface area contributed by atoms with Gasteiger partial charge in [0.2, 0.25) is 5.91 Å². The molecular formula is C17H20N2O6. The fourth-order valence-electron chi connectivity index (χ4n) is 2.71. The molecule has 0 aromatic heterocycles. The number of nitrogens with one attached hydrogen (secondary N) is 1. The minimum Gasteiger partial charge on any atom is -0.481 e. The summed E-state index contributed by atoms with van der Waals surface area (Å²) in [4.78, 5) is 48.7. The minimum absolute atomic E-state index is 0.0319.